The number of nitrogen functional groups attached to an aromatic ring is 1. The fourth-order valence-electron chi connectivity index (χ4n) is 2.50. The molecule has 0 radical (unpaired) electrons. The van der Waals surface area contributed by atoms with Gasteiger partial charge in [0.15, 0.2) is 0 Å². The normalized spacial score (nSPS) is 23.9. The van der Waals surface area contributed by atoms with Gasteiger partial charge in [-0.25, -0.2) is 4.39 Å². The number of hydrogen-bond donors (Lipinski definition) is 2. The molecular formula is C14H20ClFN2. The lowest BCUT2D eigenvalue weighted by Gasteiger charge is -2.26. The summed E-state index contributed by atoms with van der Waals surface area (Å²) >= 11 is 5.76. The molecule has 0 bridgehead atoms. The van der Waals surface area contributed by atoms with Crippen LogP contribution in [0.25, 0.3) is 0 Å². The average Bonchev–Trinajstić information content (AvgIpc) is 2.34. The molecule has 0 aromatic heterocycles. The highest BCUT2D eigenvalue weighted by Crippen LogP contribution is 2.30. The van der Waals surface area contributed by atoms with Crippen molar-refractivity contribution in [2.45, 2.75) is 32.6 Å². The standard InChI is InChI=1S/C14H20ClFN2/c1-9-2-4-10(5-3-9)8-18-14-6-11(15)12(16)7-13(14)17/h6-7,9-10,18H,2-5,8,17H2,1H3. The summed E-state index contributed by atoms with van der Waals surface area (Å²) in [7, 11) is 0. The molecule has 0 heterocycles. The molecule has 0 saturated heterocycles. The minimum absolute atomic E-state index is 0.115. The van der Waals surface area contributed by atoms with E-state index in [1.54, 1.807) is 6.07 Å². The maximum atomic E-state index is 13.2. The van der Waals surface area contributed by atoms with E-state index in [0.717, 1.165) is 18.2 Å². The molecule has 4 heteroatoms. The Hall–Kier alpha value is -0.960. The van der Waals surface area contributed by atoms with Crippen LogP contribution >= 0.6 is 11.6 Å². The Morgan fingerprint density at radius 2 is 2.00 bits per heavy atom. The van der Waals surface area contributed by atoms with Crippen molar-refractivity contribution in [3.63, 3.8) is 0 Å². The van der Waals surface area contributed by atoms with Crippen LogP contribution in [0.4, 0.5) is 15.8 Å². The third-order valence-electron chi connectivity index (χ3n) is 3.81. The molecule has 0 atom stereocenters. The van der Waals surface area contributed by atoms with E-state index in [1.807, 2.05) is 0 Å². The van der Waals surface area contributed by atoms with Gasteiger partial charge in [-0.1, -0.05) is 31.4 Å². The van der Waals surface area contributed by atoms with Crippen molar-refractivity contribution in [3.8, 4) is 0 Å². The summed E-state index contributed by atoms with van der Waals surface area (Å²) in [6, 6.07) is 2.84. The second kappa shape index (κ2) is 5.79. The van der Waals surface area contributed by atoms with Crippen molar-refractivity contribution < 1.29 is 4.39 Å². The maximum Gasteiger partial charge on any atom is 0.143 e. The van der Waals surface area contributed by atoms with E-state index in [0.29, 0.717) is 11.6 Å². The molecule has 1 aliphatic carbocycles. The first-order valence-corrected chi connectivity index (χ1v) is 6.92. The van der Waals surface area contributed by atoms with Gasteiger partial charge in [-0.2, -0.15) is 0 Å². The Morgan fingerprint density at radius 1 is 1.33 bits per heavy atom. The molecule has 0 amide bonds. The van der Waals surface area contributed by atoms with Crippen LogP contribution in [0.1, 0.15) is 32.6 Å². The van der Waals surface area contributed by atoms with E-state index in [-0.39, 0.29) is 5.02 Å². The molecule has 0 aliphatic heterocycles. The quantitative estimate of drug-likeness (QED) is 0.804. The lowest BCUT2D eigenvalue weighted by atomic mass is 9.83. The minimum atomic E-state index is -0.466. The zero-order valence-electron chi connectivity index (χ0n) is 10.7. The summed E-state index contributed by atoms with van der Waals surface area (Å²) in [5.41, 5.74) is 6.92. The second-order valence-electron chi connectivity index (χ2n) is 5.36. The van der Waals surface area contributed by atoms with Crippen molar-refractivity contribution in [1.82, 2.24) is 0 Å². The van der Waals surface area contributed by atoms with Gasteiger partial charge in [0, 0.05) is 12.6 Å². The number of anilines is 2. The molecule has 18 heavy (non-hydrogen) atoms. The highest BCUT2D eigenvalue weighted by Gasteiger charge is 2.18. The summed E-state index contributed by atoms with van der Waals surface area (Å²) in [6.45, 7) is 3.19. The van der Waals surface area contributed by atoms with Crippen molar-refractivity contribution in [3.05, 3.63) is 23.0 Å². The van der Waals surface area contributed by atoms with E-state index in [4.69, 9.17) is 17.3 Å². The summed E-state index contributed by atoms with van der Waals surface area (Å²) in [4.78, 5) is 0. The van der Waals surface area contributed by atoms with Crippen molar-refractivity contribution in [1.29, 1.82) is 0 Å². The number of benzene rings is 1. The molecule has 1 aromatic rings. The van der Waals surface area contributed by atoms with Crippen LogP contribution in [-0.2, 0) is 0 Å². The van der Waals surface area contributed by atoms with Crippen LogP contribution in [0, 0.1) is 17.7 Å². The van der Waals surface area contributed by atoms with Crippen LogP contribution in [0.5, 0.6) is 0 Å². The third-order valence-corrected chi connectivity index (χ3v) is 4.10. The topological polar surface area (TPSA) is 38.0 Å². The molecule has 1 aliphatic rings. The van der Waals surface area contributed by atoms with Gasteiger partial charge in [-0.15, -0.1) is 0 Å². The lowest BCUT2D eigenvalue weighted by molar-refractivity contribution is 0.300. The Morgan fingerprint density at radius 3 is 2.67 bits per heavy atom. The molecule has 1 saturated carbocycles. The Bertz CT molecular complexity index is 415. The number of nitrogens with one attached hydrogen (secondary N) is 1. The van der Waals surface area contributed by atoms with Crippen LogP contribution in [0.3, 0.4) is 0 Å². The first-order chi connectivity index (χ1) is 8.56. The summed E-state index contributed by atoms with van der Waals surface area (Å²) in [5, 5.41) is 3.40. The third kappa shape index (κ3) is 3.29. The van der Waals surface area contributed by atoms with Gasteiger partial charge in [0.2, 0.25) is 0 Å². The van der Waals surface area contributed by atoms with Crippen molar-refractivity contribution in [2.75, 3.05) is 17.6 Å². The van der Waals surface area contributed by atoms with Gasteiger partial charge in [-0.05, 0) is 30.7 Å². The van der Waals surface area contributed by atoms with E-state index >= 15 is 0 Å². The van der Waals surface area contributed by atoms with Gasteiger partial charge in [0.05, 0.1) is 16.4 Å². The molecule has 3 N–H and O–H groups in total. The summed E-state index contributed by atoms with van der Waals surface area (Å²) in [5.74, 6) is 1.07. The smallest absolute Gasteiger partial charge is 0.143 e. The van der Waals surface area contributed by atoms with Gasteiger partial charge in [0.25, 0.3) is 0 Å². The van der Waals surface area contributed by atoms with Gasteiger partial charge >= 0.3 is 0 Å². The summed E-state index contributed by atoms with van der Waals surface area (Å²) < 4.78 is 13.2. The van der Waals surface area contributed by atoms with Gasteiger partial charge < -0.3 is 11.1 Å². The monoisotopic (exact) mass is 270 g/mol. The van der Waals surface area contributed by atoms with Gasteiger partial charge in [0.1, 0.15) is 5.82 Å². The maximum absolute atomic E-state index is 13.2. The number of hydrogen-bond acceptors (Lipinski definition) is 2. The molecular weight excluding hydrogens is 251 g/mol. The Labute approximate surface area is 113 Å². The van der Waals surface area contributed by atoms with Crippen LogP contribution in [0.2, 0.25) is 5.02 Å². The van der Waals surface area contributed by atoms with E-state index in [2.05, 4.69) is 12.2 Å². The van der Waals surface area contributed by atoms with Crippen LogP contribution in [0.15, 0.2) is 12.1 Å². The van der Waals surface area contributed by atoms with E-state index in [9.17, 15) is 4.39 Å². The predicted octanol–water partition coefficient (Wildman–Crippen LogP) is 4.30. The fraction of sp³-hybridized carbons (Fsp3) is 0.571. The Kier molecular flexibility index (Phi) is 4.33. The largest absolute Gasteiger partial charge is 0.397 e. The highest BCUT2D eigenvalue weighted by atomic mass is 35.5. The first kappa shape index (κ1) is 13.5. The molecule has 0 spiro atoms. The average molecular weight is 271 g/mol. The molecule has 1 aromatic carbocycles. The SMILES string of the molecule is CC1CCC(CNc2cc(Cl)c(F)cc2N)CC1. The Balaban J connectivity index is 1.92. The molecule has 1 fully saturated rings. The molecule has 2 nitrogen and oxygen atoms in total. The van der Waals surface area contributed by atoms with Gasteiger partial charge in [-0.3, -0.25) is 0 Å². The highest BCUT2D eigenvalue weighted by molar-refractivity contribution is 6.31. The number of rotatable bonds is 3. The van der Waals surface area contributed by atoms with E-state index < -0.39 is 5.82 Å². The molecule has 0 unspecified atom stereocenters. The lowest BCUT2D eigenvalue weighted by Crippen LogP contribution is -2.20. The minimum Gasteiger partial charge on any atom is -0.397 e. The van der Waals surface area contributed by atoms with E-state index in [1.165, 1.54) is 31.7 Å². The number of nitrogens with two attached hydrogens (primary N) is 1. The van der Waals surface area contributed by atoms with Crippen molar-refractivity contribution in [2.24, 2.45) is 11.8 Å². The van der Waals surface area contributed by atoms with Crippen molar-refractivity contribution >= 4 is 23.0 Å². The first-order valence-electron chi connectivity index (χ1n) is 6.54. The molecule has 2 rings (SSSR count). The zero-order chi connectivity index (χ0) is 13.1. The fourth-order valence-corrected chi connectivity index (χ4v) is 2.67. The predicted molar refractivity (Wildman–Crippen MR) is 75.4 cm³/mol. The summed E-state index contributed by atoms with van der Waals surface area (Å²) in [6.07, 6.45) is 5.10. The second-order valence-corrected chi connectivity index (χ2v) is 5.77. The molecule has 100 valence electrons. The zero-order valence-corrected chi connectivity index (χ0v) is 11.4. The van der Waals surface area contributed by atoms with Crippen LogP contribution < -0.4 is 11.1 Å². The van der Waals surface area contributed by atoms with Crippen LogP contribution in [-0.4, -0.2) is 6.54 Å². The number of halogens is 2.